The van der Waals surface area contributed by atoms with Crippen LogP contribution in [0, 0.1) is 0 Å². The highest BCUT2D eigenvalue weighted by molar-refractivity contribution is 7.99. The molecule has 0 saturated carbocycles. The standard InChI is InChI=1S/C31H28O5S/c1-35-29-15-9-8-14-27(29)31(24-10-4-2-5-11-24,25-12-6-3-7-13-25)36-20-21-37-26-18-16-23(17-19-26)22-28(32)30(33)34/h2-19H,20-22H2,1H3,(H,33,34). The van der Waals surface area contributed by atoms with Crippen molar-refractivity contribution in [3.63, 3.8) is 0 Å². The normalized spacial score (nSPS) is 11.2. The fourth-order valence-electron chi connectivity index (χ4n) is 4.32. The molecule has 0 aliphatic heterocycles. The first-order valence-corrected chi connectivity index (χ1v) is 12.9. The Morgan fingerprint density at radius 1 is 0.784 bits per heavy atom. The van der Waals surface area contributed by atoms with Crippen molar-refractivity contribution in [3.05, 3.63) is 131 Å². The number of rotatable bonds is 12. The van der Waals surface area contributed by atoms with Crippen molar-refractivity contribution in [2.45, 2.75) is 16.9 Å². The van der Waals surface area contributed by atoms with Gasteiger partial charge in [0, 0.05) is 22.6 Å². The Morgan fingerprint density at radius 3 is 1.92 bits per heavy atom. The second kappa shape index (κ2) is 12.4. The molecule has 1 N–H and O–H groups in total. The number of thioether (sulfide) groups is 1. The number of ketones is 1. The SMILES string of the molecule is COc1ccccc1C(OCCSc1ccc(CC(=O)C(=O)O)cc1)(c1ccccc1)c1ccccc1. The number of aliphatic carboxylic acids is 1. The third-order valence-electron chi connectivity index (χ3n) is 6.04. The minimum absolute atomic E-state index is 0.112. The van der Waals surface area contributed by atoms with E-state index in [-0.39, 0.29) is 6.42 Å². The van der Waals surface area contributed by atoms with Crippen molar-refractivity contribution in [1.82, 2.24) is 0 Å². The van der Waals surface area contributed by atoms with Crippen LogP contribution in [0.15, 0.2) is 114 Å². The molecule has 0 heterocycles. The summed E-state index contributed by atoms with van der Waals surface area (Å²) in [5, 5.41) is 8.81. The number of carboxylic acids is 1. The third kappa shape index (κ3) is 6.10. The molecule has 0 atom stereocenters. The van der Waals surface area contributed by atoms with E-state index in [9.17, 15) is 9.59 Å². The number of hydrogen-bond donors (Lipinski definition) is 1. The van der Waals surface area contributed by atoms with Crippen molar-refractivity contribution < 1.29 is 24.2 Å². The zero-order valence-corrected chi connectivity index (χ0v) is 21.3. The van der Waals surface area contributed by atoms with Crippen molar-refractivity contribution >= 4 is 23.5 Å². The first-order valence-electron chi connectivity index (χ1n) is 11.9. The molecule has 0 radical (unpaired) electrons. The van der Waals surface area contributed by atoms with E-state index in [0.29, 0.717) is 17.9 Å². The van der Waals surface area contributed by atoms with Crippen molar-refractivity contribution in [2.24, 2.45) is 0 Å². The summed E-state index contributed by atoms with van der Waals surface area (Å²) >= 11 is 1.63. The van der Waals surface area contributed by atoms with Gasteiger partial charge in [0.1, 0.15) is 11.4 Å². The lowest BCUT2D eigenvalue weighted by Gasteiger charge is -2.36. The molecule has 188 valence electrons. The van der Waals surface area contributed by atoms with Gasteiger partial charge in [0.05, 0.1) is 13.7 Å². The van der Waals surface area contributed by atoms with E-state index in [1.807, 2.05) is 72.8 Å². The zero-order chi connectivity index (χ0) is 26.1. The van der Waals surface area contributed by atoms with Gasteiger partial charge in [0.25, 0.3) is 0 Å². The Balaban J connectivity index is 1.59. The molecule has 0 aromatic heterocycles. The number of ether oxygens (including phenoxy) is 2. The van der Waals surface area contributed by atoms with Crippen LogP contribution in [0.25, 0.3) is 0 Å². The van der Waals surface area contributed by atoms with Gasteiger partial charge in [-0.15, -0.1) is 11.8 Å². The maximum absolute atomic E-state index is 11.5. The Morgan fingerprint density at radius 2 is 1.35 bits per heavy atom. The van der Waals surface area contributed by atoms with E-state index < -0.39 is 17.4 Å². The van der Waals surface area contributed by atoms with Crippen LogP contribution in [0.4, 0.5) is 0 Å². The molecular weight excluding hydrogens is 484 g/mol. The van der Waals surface area contributed by atoms with E-state index >= 15 is 0 Å². The molecule has 0 aliphatic rings. The average Bonchev–Trinajstić information content (AvgIpc) is 2.95. The maximum atomic E-state index is 11.5. The molecular formula is C31H28O5S. The number of benzene rings is 4. The van der Waals surface area contributed by atoms with Crippen LogP contribution in [0.5, 0.6) is 5.75 Å². The number of methoxy groups -OCH3 is 1. The molecule has 0 unspecified atom stereocenters. The van der Waals surface area contributed by atoms with Crippen LogP contribution in [0.2, 0.25) is 0 Å². The minimum Gasteiger partial charge on any atom is -0.496 e. The molecule has 0 aliphatic carbocycles. The number of carboxylic acid groups (broad SMARTS) is 1. The Labute approximate surface area is 221 Å². The monoisotopic (exact) mass is 512 g/mol. The smallest absolute Gasteiger partial charge is 0.372 e. The van der Waals surface area contributed by atoms with Gasteiger partial charge >= 0.3 is 5.97 Å². The maximum Gasteiger partial charge on any atom is 0.372 e. The summed E-state index contributed by atoms with van der Waals surface area (Å²) in [6.45, 7) is 0.450. The van der Waals surface area contributed by atoms with Gasteiger partial charge in [-0.1, -0.05) is 91.0 Å². The van der Waals surface area contributed by atoms with Gasteiger partial charge in [0.15, 0.2) is 0 Å². The summed E-state index contributed by atoms with van der Waals surface area (Å²) in [5.41, 5.74) is 2.73. The summed E-state index contributed by atoms with van der Waals surface area (Å²) < 4.78 is 12.6. The molecule has 0 bridgehead atoms. The van der Waals surface area contributed by atoms with Crippen LogP contribution >= 0.6 is 11.8 Å². The average molecular weight is 513 g/mol. The highest BCUT2D eigenvalue weighted by Crippen LogP contribution is 2.44. The molecule has 37 heavy (non-hydrogen) atoms. The number of para-hydroxylation sites is 1. The quantitative estimate of drug-likeness (QED) is 0.109. The van der Waals surface area contributed by atoms with Gasteiger partial charge in [-0.05, 0) is 34.9 Å². The fourth-order valence-corrected chi connectivity index (χ4v) is 5.05. The molecule has 0 saturated heterocycles. The highest BCUT2D eigenvalue weighted by atomic mass is 32.2. The molecule has 6 heteroatoms. The molecule has 0 amide bonds. The molecule has 0 fully saturated rings. The number of hydrogen-bond acceptors (Lipinski definition) is 5. The lowest BCUT2D eigenvalue weighted by atomic mass is 9.79. The highest BCUT2D eigenvalue weighted by Gasteiger charge is 2.39. The molecule has 4 aromatic carbocycles. The van der Waals surface area contributed by atoms with Gasteiger partial charge in [-0.2, -0.15) is 0 Å². The van der Waals surface area contributed by atoms with E-state index in [4.69, 9.17) is 14.6 Å². The van der Waals surface area contributed by atoms with E-state index in [0.717, 1.165) is 27.3 Å². The lowest BCUT2D eigenvalue weighted by Crippen LogP contribution is -2.34. The topological polar surface area (TPSA) is 72.8 Å². The largest absolute Gasteiger partial charge is 0.496 e. The third-order valence-corrected chi connectivity index (χ3v) is 7.02. The summed E-state index contributed by atoms with van der Waals surface area (Å²) in [5.74, 6) is -0.798. The van der Waals surface area contributed by atoms with E-state index in [2.05, 4.69) is 24.3 Å². The second-order valence-electron chi connectivity index (χ2n) is 8.36. The molecule has 4 rings (SSSR count). The van der Waals surface area contributed by atoms with Gasteiger partial charge < -0.3 is 14.6 Å². The van der Waals surface area contributed by atoms with Crippen LogP contribution in [-0.2, 0) is 26.3 Å². The molecule has 5 nitrogen and oxygen atoms in total. The van der Waals surface area contributed by atoms with Crippen molar-refractivity contribution in [1.29, 1.82) is 0 Å². The summed E-state index contributed by atoms with van der Waals surface area (Å²) in [7, 11) is 1.67. The summed E-state index contributed by atoms with van der Waals surface area (Å²) in [4.78, 5) is 23.3. The second-order valence-corrected chi connectivity index (χ2v) is 9.53. The predicted octanol–water partition coefficient (Wildman–Crippen LogP) is 5.99. The van der Waals surface area contributed by atoms with Crippen LogP contribution < -0.4 is 4.74 Å². The predicted molar refractivity (Wildman–Crippen MR) is 145 cm³/mol. The van der Waals surface area contributed by atoms with Crippen molar-refractivity contribution in [2.75, 3.05) is 19.5 Å². The zero-order valence-electron chi connectivity index (χ0n) is 20.5. The minimum atomic E-state index is -1.41. The van der Waals surface area contributed by atoms with Crippen molar-refractivity contribution in [3.8, 4) is 5.75 Å². The van der Waals surface area contributed by atoms with Crippen LogP contribution in [-0.4, -0.2) is 36.3 Å². The number of carbonyl (C=O) groups is 2. The lowest BCUT2D eigenvalue weighted by molar-refractivity contribution is -0.148. The summed E-state index contributed by atoms with van der Waals surface area (Å²) in [6.07, 6.45) is -0.112. The van der Waals surface area contributed by atoms with E-state index in [1.54, 1.807) is 31.0 Å². The van der Waals surface area contributed by atoms with Gasteiger partial charge in [0.2, 0.25) is 5.78 Å². The fraction of sp³-hybridized carbons (Fsp3) is 0.161. The number of Topliss-reactive ketones (excluding diaryl/α,β-unsaturated/α-hetero) is 1. The number of carbonyl (C=O) groups excluding carboxylic acids is 1. The Kier molecular flexibility index (Phi) is 8.77. The Bertz CT molecular complexity index is 1280. The summed E-state index contributed by atoms with van der Waals surface area (Å²) in [6, 6.07) is 35.6. The Hall–Kier alpha value is -3.87. The first-order chi connectivity index (χ1) is 18.0. The van der Waals surface area contributed by atoms with E-state index in [1.165, 1.54) is 0 Å². The van der Waals surface area contributed by atoms with Crippen LogP contribution in [0.1, 0.15) is 22.3 Å². The molecule has 4 aromatic rings. The van der Waals surface area contributed by atoms with Gasteiger partial charge in [-0.3, -0.25) is 4.79 Å². The molecule has 0 spiro atoms. The van der Waals surface area contributed by atoms with Gasteiger partial charge in [-0.25, -0.2) is 4.79 Å². The van der Waals surface area contributed by atoms with Crippen LogP contribution in [0.3, 0.4) is 0 Å². The first kappa shape index (κ1) is 26.2.